The maximum Gasteiger partial charge on any atom is 0.137 e. The number of nitrogens with one attached hydrogen (secondary N) is 1. The fraction of sp³-hybridized carbons (Fsp3) is 0.800. The van der Waals surface area contributed by atoms with E-state index in [2.05, 4.69) is 36.2 Å². The number of hydrogen-bond donors (Lipinski definition) is 1. The first-order valence-corrected chi connectivity index (χ1v) is 5.21. The van der Waals surface area contributed by atoms with E-state index in [0.29, 0.717) is 11.8 Å². The van der Waals surface area contributed by atoms with Crippen LogP contribution in [0.1, 0.15) is 20.8 Å². The van der Waals surface area contributed by atoms with Crippen LogP contribution in [0.4, 0.5) is 0 Å². The summed E-state index contributed by atoms with van der Waals surface area (Å²) in [6.07, 6.45) is 3.34. The summed E-state index contributed by atoms with van der Waals surface area (Å²) in [5, 5.41) is 7.51. The van der Waals surface area contributed by atoms with Crippen LogP contribution in [-0.2, 0) is 6.54 Å². The molecule has 0 radical (unpaired) electrons. The molecule has 0 aromatic carbocycles. The second-order valence-corrected chi connectivity index (χ2v) is 4.27. The zero-order valence-corrected chi connectivity index (χ0v) is 9.27. The fourth-order valence-electron chi connectivity index (χ4n) is 1.33. The Morgan fingerprint density at radius 2 is 2.07 bits per heavy atom. The topological polar surface area (TPSA) is 42.7 Å². The van der Waals surface area contributed by atoms with Crippen molar-refractivity contribution in [1.82, 2.24) is 20.1 Å². The van der Waals surface area contributed by atoms with E-state index in [4.69, 9.17) is 0 Å². The van der Waals surface area contributed by atoms with Crippen molar-refractivity contribution in [2.45, 2.75) is 27.3 Å². The van der Waals surface area contributed by atoms with Gasteiger partial charge in [0.15, 0.2) is 0 Å². The Kier molecular flexibility index (Phi) is 4.59. The standard InChI is InChI=1S/C10H20N4/c1-9(2)4-11-5-10(3)6-14-8-12-7-13-14/h7-11H,4-6H2,1-3H3. The van der Waals surface area contributed by atoms with Crippen LogP contribution in [0.15, 0.2) is 12.7 Å². The summed E-state index contributed by atoms with van der Waals surface area (Å²) in [6, 6.07) is 0. The Hall–Kier alpha value is -0.900. The first kappa shape index (κ1) is 11.2. The van der Waals surface area contributed by atoms with E-state index in [0.717, 1.165) is 19.6 Å². The summed E-state index contributed by atoms with van der Waals surface area (Å²) < 4.78 is 1.88. The van der Waals surface area contributed by atoms with Crippen molar-refractivity contribution in [3.8, 4) is 0 Å². The first-order chi connectivity index (χ1) is 6.68. The predicted octanol–water partition coefficient (Wildman–Crippen LogP) is 1.16. The summed E-state index contributed by atoms with van der Waals surface area (Å²) in [5.74, 6) is 1.31. The van der Waals surface area contributed by atoms with Crippen molar-refractivity contribution in [3.05, 3.63) is 12.7 Å². The molecule has 1 atom stereocenters. The van der Waals surface area contributed by atoms with Gasteiger partial charge in [-0.15, -0.1) is 0 Å². The molecule has 0 saturated heterocycles. The molecule has 0 aliphatic carbocycles. The zero-order valence-electron chi connectivity index (χ0n) is 9.27. The molecule has 1 aromatic heterocycles. The van der Waals surface area contributed by atoms with E-state index in [1.807, 2.05) is 4.68 Å². The van der Waals surface area contributed by atoms with E-state index >= 15 is 0 Å². The van der Waals surface area contributed by atoms with Crippen LogP contribution in [0.5, 0.6) is 0 Å². The molecule has 0 aliphatic heterocycles. The lowest BCUT2D eigenvalue weighted by Crippen LogP contribution is -2.27. The lowest BCUT2D eigenvalue weighted by atomic mass is 10.1. The highest BCUT2D eigenvalue weighted by molar-refractivity contribution is 4.62. The van der Waals surface area contributed by atoms with Gasteiger partial charge in [0.2, 0.25) is 0 Å². The van der Waals surface area contributed by atoms with E-state index in [1.54, 1.807) is 12.7 Å². The first-order valence-electron chi connectivity index (χ1n) is 5.21. The minimum atomic E-state index is 0.593. The lowest BCUT2D eigenvalue weighted by Gasteiger charge is -2.13. The Labute approximate surface area is 85.7 Å². The van der Waals surface area contributed by atoms with Crippen LogP contribution in [-0.4, -0.2) is 27.9 Å². The number of aromatic nitrogens is 3. The van der Waals surface area contributed by atoms with E-state index in [1.165, 1.54) is 0 Å². The molecule has 0 spiro atoms. The van der Waals surface area contributed by atoms with Gasteiger partial charge >= 0.3 is 0 Å². The van der Waals surface area contributed by atoms with E-state index in [9.17, 15) is 0 Å². The molecule has 1 rings (SSSR count). The molecule has 0 aliphatic rings. The van der Waals surface area contributed by atoms with Gasteiger partial charge in [-0.2, -0.15) is 5.10 Å². The van der Waals surface area contributed by atoms with Gasteiger partial charge in [0.1, 0.15) is 12.7 Å². The number of rotatable bonds is 6. The van der Waals surface area contributed by atoms with E-state index in [-0.39, 0.29) is 0 Å². The average Bonchev–Trinajstić information content (AvgIpc) is 2.56. The molecule has 4 heteroatoms. The van der Waals surface area contributed by atoms with Crippen molar-refractivity contribution >= 4 is 0 Å². The molecule has 1 unspecified atom stereocenters. The molecule has 4 nitrogen and oxygen atoms in total. The van der Waals surface area contributed by atoms with E-state index < -0.39 is 0 Å². The van der Waals surface area contributed by atoms with Crippen LogP contribution in [0.2, 0.25) is 0 Å². The highest BCUT2D eigenvalue weighted by Crippen LogP contribution is 1.97. The van der Waals surface area contributed by atoms with Gasteiger partial charge in [-0.1, -0.05) is 20.8 Å². The SMILES string of the molecule is CC(C)CNCC(C)Cn1cncn1. The molecule has 0 bridgehead atoms. The molecule has 14 heavy (non-hydrogen) atoms. The summed E-state index contributed by atoms with van der Waals surface area (Å²) >= 11 is 0. The summed E-state index contributed by atoms with van der Waals surface area (Å²) in [7, 11) is 0. The molecule has 0 amide bonds. The van der Waals surface area contributed by atoms with Gasteiger partial charge in [-0.05, 0) is 24.9 Å². The molecule has 0 fully saturated rings. The van der Waals surface area contributed by atoms with Gasteiger partial charge in [-0.3, -0.25) is 4.68 Å². The highest BCUT2D eigenvalue weighted by atomic mass is 15.3. The van der Waals surface area contributed by atoms with Crippen molar-refractivity contribution in [2.24, 2.45) is 11.8 Å². The van der Waals surface area contributed by atoms with Crippen LogP contribution in [0, 0.1) is 11.8 Å². The maximum atomic E-state index is 4.08. The van der Waals surface area contributed by atoms with Gasteiger partial charge in [0, 0.05) is 6.54 Å². The van der Waals surface area contributed by atoms with Crippen molar-refractivity contribution in [2.75, 3.05) is 13.1 Å². The largest absolute Gasteiger partial charge is 0.316 e. The maximum absolute atomic E-state index is 4.08. The molecule has 0 saturated carbocycles. The third-order valence-electron chi connectivity index (χ3n) is 2.01. The van der Waals surface area contributed by atoms with Crippen LogP contribution >= 0.6 is 0 Å². The molecule has 1 heterocycles. The second kappa shape index (κ2) is 5.75. The summed E-state index contributed by atoms with van der Waals surface area (Å²) in [4.78, 5) is 3.92. The van der Waals surface area contributed by atoms with Gasteiger partial charge in [0.25, 0.3) is 0 Å². The Morgan fingerprint density at radius 3 is 2.64 bits per heavy atom. The monoisotopic (exact) mass is 196 g/mol. The van der Waals surface area contributed by atoms with Gasteiger partial charge < -0.3 is 5.32 Å². The minimum Gasteiger partial charge on any atom is -0.316 e. The predicted molar refractivity (Wildman–Crippen MR) is 56.9 cm³/mol. The average molecular weight is 196 g/mol. The Bertz CT molecular complexity index is 230. The number of nitrogens with zero attached hydrogens (tertiary/aromatic N) is 3. The molecule has 1 aromatic rings. The molecular formula is C10H20N4. The zero-order chi connectivity index (χ0) is 10.4. The Balaban J connectivity index is 2.13. The lowest BCUT2D eigenvalue weighted by molar-refractivity contribution is 0.409. The number of hydrogen-bond acceptors (Lipinski definition) is 3. The fourth-order valence-corrected chi connectivity index (χ4v) is 1.33. The third kappa shape index (κ3) is 4.37. The smallest absolute Gasteiger partial charge is 0.137 e. The molecule has 1 N–H and O–H groups in total. The van der Waals surface area contributed by atoms with Crippen LogP contribution < -0.4 is 5.32 Å². The van der Waals surface area contributed by atoms with Crippen molar-refractivity contribution in [1.29, 1.82) is 0 Å². The minimum absolute atomic E-state index is 0.593. The van der Waals surface area contributed by atoms with Crippen molar-refractivity contribution < 1.29 is 0 Å². The van der Waals surface area contributed by atoms with Crippen LogP contribution in [0.25, 0.3) is 0 Å². The molecule has 80 valence electrons. The second-order valence-electron chi connectivity index (χ2n) is 4.27. The summed E-state index contributed by atoms with van der Waals surface area (Å²) in [5.41, 5.74) is 0. The quantitative estimate of drug-likeness (QED) is 0.742. The van der Waals surface area contributed by atoms with Gasteiger partial charge in [0.05, 0.1) is 0 Å². The third-order valence-corrected chi connectivity index (χ3v) is 2.01. The van der Waals surface area contributed by atoms with Gasteiger partial charge in [-0.25, -0.2) is 4.98 Å². The Morgan fingerprint density at radius 1 is 1.29 bits per heavy atom. The normalized spacial score (nSPS) is 13.4. The molecular weight excluding hydrogens is 176 g/mol. The van der Waals surface area contributed by atoms with Crippen molar-refractivity contribution in [3.63, 3.8) is 0 Å². The summed E-state index contributed by atoms with van der Waals surface area (Å²) in [6.45, 7) is 9.71. The van der Waals surface area contributed by atoms with Crippen LogP contribution in [0.3, 0.4) is 0 Å². The highest BCUT2D eigenvalue weighted by Gasteiger charge is 2.03.